The maximum Gasteiger partial charge on any atom is 0.128 e. The van der Waals surface area contributed by atoms with Gasteiger partial charge in [0.15, 0.2) is 0 Å². The lowest BCUT2D eigenvalue weighted by atomic mass is 10.1. The highest BCUT2D eigenvalue weighted by Crippen LogP contribution is 2.28. The average Bonchev–Trinajstić information content (AvgIpc) is 3.12. The molecular weight excluding hydrogens is 215 g/mol. The minimum Gasteiger partial charge on any atom is -0.323 e. The Bertz CT molecular complexity index is 363. The second-order valence-corrected chi connectivity index (χ2v) is 4.85. The van der Waals surface area contributed by atoms with Gasteiger partial charge in [-0.3, -0.25) is 4.90 Å². The fraction of sp³-hybridized carbons (Fsp3) is 0.571. The molecule has 1 aromatic rings. The standard InChI is InChI=1S/C14H21FN2/c1-2-9-17(11-7-8-11)10-14(16)12-5-3-4-6-13(12)15/h3-6,11,14H,2,7-10,16H2,1H3. The molecule has 0 bridgehead atoms. The first kappa shape index (κ1) is 12.5. The number of nitrogens with zero attached hydrogens (tertiary/aromatic N) is 1. The summed E-state index contributed by atoms with van der Waals surface area (Å²) in [4.78, 5) is 2.40. The predicted octanol–water partition coefficient (Wildman–Crippen LogP) is 2.70. The van der Waals surface area contributed by atoms with Crippen molar-refractivity contribution < 1.29 is 4.39 Å². The van der Waals surface area contributed by atoms with Crippen LogP contribution in [0.4, 0.5) is 4.39 Å². The van der Waals surface area contributed by atoms with Gasteiger partial charge in [-0.1, -0.05) is 25.1 Å². The third-order valence-electron chi connectivity index (χ3n) is 3.31. The summed E-state index contributed by atoms with van der Waals surface area (Å²) in [6, 6.07) is 7.29. The molecule has 94 valence electrons. The second-order valence-electron chi connectivity index (χ2n) is 4.85. The fourth-order valence-corrected chi connectivity index (χ4v) is 2.28. The summed E-state index contributed by atoms with van der Waals surface area (Å²) < 4.78 is 13.6. The Balaban J connectivity index is 1.99. The van der Waals surface area contributed by atoms with Gasteiger partial charge in [-0.25, -0.2) is 4.39 Å². The number of benzene rings is 1. The van der Waals surface area contributed by atoms with Crippen LogP contribution in [-0.4, -0.2) is 24.0 Å². The van der Waals surface area contributed by atoms with E-state index in [-0.39, 0.29) is 11.9 Å². The Morgan fingerprint density at radius 2 is 2.12 bits per heavy atom. The first-order chi connectivity index (χ1) is 8.22. The number of halogens is 1. The Morgan fingerprint density at radius 3 is 2.71 bits per heavy atom. The van der Waals surface area contributed by atoms with E-state index in [1.54, 1.807) is 12.1 Å². The van der Waals surface area contributed by atoms with E-state index in [4.69, 9.17) is 5.73 Å². The van der Waals surface area contributed by atoms with Crippen molar-refractivity contribution in [2.24, 2.45) is 5.73 Å². The molecule has 1 aromatic carbocycles. The third-order valence-corrected chi connectivity index (χ3v) is 3.31. The normalized spacial score (nSPS) is 17.4. The molecule has 0 aromatic heterocycles. The Hall–Kier alpha value is -0.930. The summed E-state index contributed by atoms with van der Waals surface area (Å²) >= 11 is 0. The minimum atomic E-state index is -0.219. The molecule has 1 aliphatic rings. The highest BCUT2D eigenvalue weighted by atomic mass is 19.1. The van der Waals surface area contributed by atoms with Gasteiger partial charge in [0.05, 0.1) is 0 Å². The first-order valence-electron chi connectivity index (χ1n) is 6.46. The monoisotopic (exact) mass is 236 g/mol. The lowest BCUT2D eigenvalue weighted by molar-refractivity contribution is 0.246. The van der Waals surface area contributed by atoms with Crippen molar-refractivity contribution in [1.29, 1.82) is 0 Å². The largest absolute Gasteiger partial charge is 0.323 e. The number of rotatable bonds is 6. The van der Waals surface area contributed by atoms with Crippen LogP contribution in [0.1, 0.15) is 37.8 Å². The van der Waals surface area contributed by atoms with Crippen molar-refractivity contribution in [3.8, 4) is 0 Å². The molecule has 1 fully saturated rings. The highest BCUT2D eigenvalue weighted by molar-refractivity contribution is 5.21. The zero-order chi connectivity index (χ0) is 12.3. The van der Waals surface area contributed by atoms with Crippen molar-refractivity contribution in [2.75, 3.05) is 13.1 Å². The van der Waals surface area contributed by atoms with Gasteiger partial charge in [0.2, 0.25) is 0 Å². The maximum absolute atomic E-state index is 13.6. The summed E-state index contributed by atoms with van der Waals surface area (Å²) in [6.45, 7) is 4.00. The third kappa shape index (κ3) is 3.27. The van der Waals surface area contributed by atoms with E-state index in [1.807, 2.05) is 6.07 Å². The molecule has 0 amide bonds. The van der Waals surface area contributed by atoms with Gasteiger partial charge in [-0.05, 0) is 31.9 Å². The summed E-state index contributed by atoms with van der Waals surface area (Å²) in [5, 5.41) is 0. The minimum absolute atomic E-state index is 0.188. The Kier molecular flexibility index (Phi) is 4.13. The van der Waals surface area contributed by atoms with Crippen LogP contribution in [0.2, 0.25) is 0 Å². The molecule has 3 heteroatoms. The summed E-state index contributed by atoms with van der Waals surface area (Å²) in [5.41, 5.74) is 6.74. The number of nitrogens with two attached hydrogens (primary N) is 1. The van der Waals surface area contributed by atoms with Crippen molar-refractivity contribution >= 4 is 0 Å². The van der Waals surface area contributed by atoms with Crippen LogP contribution < -0.4 is 5.73 Å². The van der Waals surface area contributed by atoms with Crippen molar-refractivity contribution in [3.05, 3.63) is 35.6 Å². The van der Waals surface area contributed by atoms with Gasteiger partial charge in [0.25, 0.3) is 0 Å². The van der Waals surface area contributed by atoms with Gasteiger partial charge in [0.1, 0.15) is 5.82 Å². The molecular formula is C14H21FN2. The smallest absolute Gasteiger partial charge is 0.128 e. The summed E-state index contributed by atoms with van der Waals surface area (Å²) in [6.07, 6.45) is 3.66. The van der Waals surface area contributed by atoms with Gasteiger partial charge >= 0.3 is 0 Å². The molecule has 1 saturated carbocycles. The predicted molar refractivity (Wildman–Crippen MR) is 68.2 cm³/mol. The molecule has 2 rings (SSSR count). The van der Waals surface area contributed by atoms with Crippen LogP contribution in [0, 0.1) is 5.82 Å². The topological polar surface area (TPSA) is 29.3 Å². The van der Waals surface area contributed by atoms with Gasteiger partial charge in [-0.15, -0.1) is 0 Å². The fourth-order valence-electron chi connectivity index (χ4n) is 2.28. The molecule has 0 aliphatic heterocycles. The lowest BCUT2D eigenvalue weighted by Gasteiger charge is -2.25. The number of hydrogen-bond acceptors (Lipinski definition) is 2. The van der Waals surface area contributed by atoms with E-state index >= 15 is 0 Å². The number of hydrogen-bond donors (Lipinski definition) is 1. The summed E-state index contributed by atoms with van der Waals surface area (Å²) in [7, 11) is 0. The molecule has 0 saturated heterocycles. The second kappa shape index (κ2) is 5.61. The lowest BCUT2D eigenvalue weighted by Crippen LogP contribution is -2.34. The van der Waals surface area contributed by atoms with Crippen LogP contribution in [0.15, 0.2) is 24.3 Å². The van der Waals surface area contributed by atoms with Crippen LogP contribution in [0.5, 0.6) is 0 Å². The van der Waals surface area contributed by atoms with Gasteiger partial charge in [0, 0.05) is 24.2 Å². The van der Waals surface area contributed by atoms with Crippen molar-refractivity contribution in [3.63, 3.8) is 0 Å². The van der Waals surface area contributed by atoms with Crippen molar-refractivity contribution in [1.82, 2.24) is 4.90 Å². The Morgan fingerprint density at radius 1 is 1.41 bits per heavy atom. The quantitative estimate of drug-likeness (QED) is 0.823. The van der Waals surface area contributed by atoms with Gasteiger partial charge < -0.3 is 5.73 Å². The SMILES string of the molecule is CCCN(CC(N)c1ccccc1F)C1CC1. The average molecular weight is 236 g/mol. The Labute approximate surface area is 103 Å². The van der Waals surface area contributed by atoms with E-state index < -0.39 is 0 Å². The highest BCUT2D eigenvalue weighted by Gasteiger charge is 2.29. The summed E-state index contributed by atoms with van der Waals surface area (Å²) in [5.74, 6) is -0.188. The molecule has 17 heavy (non-hydrogen) atoms. The molecule has 2 N–H and O–H groups in total. The maximum atomic E-state index is 13.6. The van der Waals surface area contributed by atoms with Crippen LogP contribution in [-0.2, 0) is 0 Å². The molecule has 1 aliphatic carbocycles. The molecule has 0 heterocycles. The molecule has 2 nitrogen and oxygen atoms in total. The zero-order valence-electron chi connectivity index (χ0n) is 10.4. The molecule has 1 unspecified atom stereocenters. The zero-order valence-corrected chi connectivity index (χ0v) is 10.4. The molecule has 0 radical (unpaired) electrons. The molecule has 0 spiro atoms. The first-order valence-corrected chi connectivity index (χ1v) is 6.46. The van der Waals surface area contributed by atoms with E-state index in [0.29, 0.717) is 11.6 Å². The molecule has 1 atom stereocenters. The van der Waals surface area contributed by atoms with Gasteiger partial charge in [-0.2, -0.15) is 0 Å². The van der Waals surface area contributed by atoms with E-state index in [0.717, 1.165) is 19.5 Å². The van der Waals surface area contributed by atoms with Crippen LogP contribution in [0.25, 0.3) is 0 Å². The van der Waals surface area contributed by atoms with E-state index in [9.17, 15) is 4.39 Å². The van der Waals surface area contributed by atoms with E-state index in [1.165, 1.54) is 18.9 Å². The van der Waals surface area contributed by atoms with Crippen molar-refractivity contribution in [2.45, 2.75) is 38.3 Å². The van der Waals surface area contributed by atoms with Crippen LogP contribution >= 0.6 is 0 Å². The van der Waals surface area contributed by atoms with Crippen LogP contribution in [0.3, 0.4) is 0 Å². The van der Waals surface area contributed by atoms with E-state index in [2.05, 4.69) is 11.8 Å².